The van der Waals surface area contributed by atoms with E-state index in [0.29, 0.717) is 55.1 Å². The second-order valence-electron chi connectivity index (χ2n) is 18.4. The summed E-state index contributed by atoms with van der Waals surface area (Å²) in [7, 11) is -0.704. The quantitative estimate of drug-likeness (QED) is 0.0793. The first-order chi connectivity index (χ1) is 32.6. The second kappa shape index (κ2) is 25.5. The number of amides is 5. The highest BCUT2D eigenvalue weighted by atomic mass is 32.2. The second-order valence-corrected chi connectivity index (χ2v) is 20.9. The van der Waals surface area contributed by atoms with Crippen LogP contribution in [0.4, 0.5) is 10.8 Å². The Balaban J connectivity index is 0.000000215. The molecule has 7 N–H and O–H groups in total. The van der Waals surface area contributed by atoms with Crippen LogP contribution < -0.4 is 36.6 Å². The molecule has 5 amide bonds. The number of H-pyrrole nitrogens is 1. The van der Waals surface area contributed by atoms with Crippen molar-refractivity contribution in [2.24, 2.45) is 23.5 Å². The number of pyridine rings is 1. The number of methoxy groups -OCH3 is 2. The molecule has 0 radical (unpaired) electrons. The molecular weight excluding hydrogens is 925 g/mol. The minimum absolute atomic E-state index is 0.0261. The highest BCUT2D eigenvalue weighted by Gasteiger charge is 2.43. The number of carbonyl (C=O) groups excluding carboxylic acids is 5. The largest absolute Gasteiger partial charge is 0.497 e. The van der Waals surface area contributed by atoms with Crippen molar-refractivity contribution in [3.63, 3.8) is 0 Å². The van der Waals surface area contributed by atoms with Crippen molar-refractivity contribution < 1.29 is 41.9 Å². The van der Waals surface area contributed by atoms with E-state index in [1.807, 2.05) is 58.2 Å². The molecule has 2 fully saturated rings. The number of allylic oxidation sites excluding steroid dienone is 2. The van der Waals surface area contributed by atoms with Gasteiger partial charge in [0, 0.05) is 54.9 Å². The fourth-order valence-corrected chi connectivity index (χ4v) is 9.21. The first kappa shape index (κ1) is 55.5. The number of fused-ring (bicyclic) bond motifs is 3. The van der Waals surface area contributed by atoms with E-state index in [9.17, 15) is 37.2 Å². The van der Waals surface area contributed by atoms with Gasteiger partial charge < -0.3 is 41.0 Å². The zero-order chi connectivity index (χ0) is 51.1. The lowest BCUT2D eigenvalue weighted by atomic mass is 10.0. The maximum Gasteiger partial charge on any atom is 0.266 e. The first-order valence-electron chi connectivity index (χ1n) is 23.0. The Labute approximate surface area is 408 Å². The van der Waals surface area contributed by atoms with Crippen molar-refractivity contribution in [3.8, 4) is 17.1 Å². The molecule has 376 valence electrons. The Bertz CT molecular complexity index is 2600. The van der Waals surface area contributed by atoms with E-state index in [1.165, 1.54) is 28.4 Å². The van der Waals surface area contributed by atoms with Crippen molar-refractivity contribution >= 4 is 73.1 Å². The monoisotopic (exact) mass is 992 g/mol. The van der Waals surface area contributed by atoms with Gasteiger partial charge >= 0.3 is 0 Å². The Hall–Kier alpha value is -6.12. The van der Waals surface area contributed by atoms with Crippen molar-refractivity contribution in [1.82, 2.24) is 24.9 Å². The number of nitrogens with one attached hydrogen (secondary N) is 5. The van der Waals surface area contributed by atoms with Gasteiger partial charge in [0.25, 0.3) is 10.0 Å². The Morgan fingerprint density at radius 2 is 1.72 bits per heavy atom. The number of nitrogens with zero attached hydrogens (tertiary/aromatic N) is 2. The molecule has 2 aromatic carbocycles. The average molecular weight is 993 g/mol. The van der Waals surface area contributed by atoms with Crippen LogP contribution in [0.25, 0.3) is 22.3 Å². The van der Waals surface area contributed by atoms with Crippen LogP contribution in [0.3, 0.4) is 0 Å². The fourth-order valence-electron chi connectivity index (χ4n) is 7.16. The maximum atomic E-state index is 12.5. The molecule has 4 heterocycles. The summed E-state index contributed by atoms with van der Waals surface area (Å²) in [6.45, 7) is 14.4. The van der Waals surface area contributed by atoms with Gasteiger partial charge in [0.15, 0.2) is 10.6 Å². The zero-order valence-corrected chi connectivity index (χ0v) is 42.6. The summed E-state index contributed by atoms with van der Waals surface area (Å²) in [6, 6.07) is 12.3. The summed E-state index contributed by atoms with van der Waals surface area (Å²) in [5, 5.41) is 11.8. The number of aromatic nitrogens is 2. The predicted octanol–water partition coefficient (Wildman–Crippen LogP) is 6.34. The molecule has 1 saturated heterocycles. The number of benzene rings is 2. The highest BCUT2D eigenvalue weighted by Crippen LogP contribution is 2.40. The van der Waals surface area contributed by atoms with Gasteiger partial charge in [-0.2, -0.15) is 0 Å². The molecule has 2 aromatic heterocycles. The minimum Gasteiger partial charge on any atom is -0.497 e. The number of para-hydroxylation sites is 1. The van der Waals surface area contributed by atoms with Crippen LogP contribution in [0.5, 0.6) is 5.75 Å². The molecular formula is C49H68N8O10S2. The van der Waals surface area contributed by atoms with Crippen molar-refractivity contribution in [1.29, 1.82) is 0 Å². The van der Waals surface area contributed by atoms with Crippen molar-refractivity contribution in [3.05, 3.63) is 76.3 Å². The van der Waals surface area contributed by atoms with Gasteiger partial charge in [0.1, 0.15) is 22.7 Å². The lowest BCUT2D eigenvalue weighted by Gasteiger charge is -2.28. The van der Waals surface area contributed by atoms with Gasteiger partial charge in [0.2, 0.25) is 30.0 Å². The number of sulfonamides is 1. The number of carbonyl (C=O) groups is 5. The molecule has 7 rings (SSSR count). The number of primary amides is 1. The molecule has 3 aliphatic rings. The Morgan fingerprint density at radius 1 is 1.01 bits per heavy atom. The maximum absolute atomic E-state index is 12.5. The molecule has 4 aromatic rings. The zero-order valence-electron chi connectivity index (χ0n) is 40.9. The summed E-state index contributed by atoms with van der Waals surface area (Å²) in [6.07, 6.45) is 9.35. The van der Waals surface area contributed by atoms with Crippen LogP contribution in [-0.4, -0.2) is 97.8 Å². The Kier molecular flexibility index (Phi) is 20.5. The third kappa shape index (κ3) is 16.8. The van der Waals surface area contributed by atoms with Gasteiger partial charge in [-0.05, 0) is 109 Å². The molecule has 2 aliphatic heterocycles. The third-order valence-corrected chi connectivity index (χ3v) is 13.3. The van der Waals surface area contributed by atoms with E-state index < -0.39 is 33.9 Å². The summed E-state index contributed by atoms with van der Waals surface area (Å²) in [5.41, 5.74) is 7.67. The van der Waals surface area contributed by atoms with Crippen LogP contribution >= 0.6 is 11.3 Å². The van der Waals surface area contributed by atoms with Gasteiger partial charge in [-0.1, -0.05) is 38.1 Å². The number of hydrogen-bond acceptors (Lipinski definition) is 13. The summed E-state index contributed by atoms with van der Waals surface area (Å²) >= 11 is 1.52. The predicted molar refractivity (Wildman–Crippen MR) is 269 cm³/mol. The van der Waals surface area contributed by atoms with E-state index in [0.717, 1.165) is 42.0 Å². The topological polar surface area (TPSA) is 261 Å². The standard InChI is InChI=1S/C17H20N2O4S.C16H17N3O2S.C11H19N3O3.C5H12O/c20-16-10-4-2-1-3-7-12-11-13(12)17(21)19-24(22,23)15-9-6-5-8-14(15)18-16;1-9(2)17-16-19-14(8-22-16)13-7-15(20)11-5-4-10(21-3)6-12(11)18-13;1-7(2)9(13-6-15)11(17)14-5-3-4-8(14)10(12)16;1-5(2,3)6-4/h3,5-9,12-13H,1-2,4,10-11H2,(H,18,20)(H,19,21);4-9H,1-3H3,(H,17,19)(H,18,20);6-9H,3-5H2,1-2H3,(H2,12,16)(H,13,15);1-4H3/b7-3-;;;/t12-,13+;;8-,9?;/m1.0./s1. The van der Waals surface area contributed by atoms with Gasteiger partial charge in [-0.3, -0.25) is 28.8 Å². The summed E-state index contributed by atoms with van der Waals surface area (Å²) < 4.78 is 37.3. The number of thiazole rings is 1. The number of ether oxygens (including phenoxy) is 2. The first-order valence-corrected chi connectivity index (χ1v) is 25.4. The molecule has 1 saturated carbocycles. The molecule has 1 unspecified atom stereocenters. The van der Waals surface area contributed by atoms with Gasteiger partial charge in [-0.25, -0.2) is 18.1 Å². The molecule has 69 heavy (non-hydrogen) atoms. The van der Waals surface area contributed by atoms with E-state index in [2.05, 4.69) is 44.5 Å². The van der Waals surface area contributed by atoms with Gasteiger partial charge in [-0.15, -0.1) is 11.3 Å². The van der Waals surface area contributed by atoms with E-state index in [-0.39, 0.29) is 51.2 Å². The van der Waals surface area contributed by atoms with Crippen molar-refractivity contribution in [2.75, 3.05) is 31.4 Å². The molecule has 18 nitrogen and oxygen atoms in total. The lowest BCUT2D eigenvalue weighted by Crippen LogP contribution is -2.53. The average Bonchev–Trinajstić information content (AvgIpc) is 3.63. The van der Waals surface area contributed by atoms with E-state index in [4.69, 9.17) is 15.2 Å². The number of likely N-dealkylation sites (tertiary alicyclic amines) is 1. The molecule has 1 aliphatic carbocycles. The van der Waals surface area contributed by atoms with Crippen LogP contribution in [0.15, 0.2) is 75.8 Å². The van der Waals surface area contributed by atoms with Crippen LogP contribution in [-0.2, 0) is 38.7 Å². The fraction of sp³-hybridized carbons (Fsp3) is 0.490. The third-order valence-electron chi connectivity index (χ3n) is 11.2. The molecule has 20 heteroatoms. The highest BCUT2D eigenvalue weighted by molar-refractivity contribution is 7.90. The Morgan fingerprint density at radius 3 is 2.36 bits per heavy atom. The summed E-state index contributed by atoms with van der Waals surface area (Å²) in [5.74, 6) is -0.921. The van der Waals surface area contributed by atoms with Crippen LogP contribution in [0.2, 0.25) is 0 Å². The molecule has 0 bridgehead atoms. The smallest absolute Gasteiger partial charge is 0.266 e. The van der Waals surface area contributed by atoms with E-state index in [1.54, 1.807) is 44.6 Å². The number of nitrogens with two attached hydrogens (primary N) is 1. The normalized spacial score (nSPS) is 19.6. The summed E-state index contributed by atoms with van der Waals surface area (Å²) in [4.78, 5) is 79.5. The van der Waals surface area contributed by atoms with Gasteiger partial charge in [0.05, 0.1) is 35.3 Å². The van der Waals surface area contributed by atoms with Crippen molar-refractivity contribution in [2.45, 2.75) is 122 Å². The van der Waals surface area contributed by atoms with Crippen LogP contribution in [0, 0.1) is 17.8 Å². The molecule has 4 atom stereocenters. The molecule has 0 spiro atoms. The van der Waals surface area contributed by atoms with Crippen LogP contribution in [0.1, 0.15) is 93.4 Å². The number of hydrogen-bond donors (Lipinski definition) is 6. The number of rotatable bonds is 9. The van der Waals surface area contributed by atoms with E-state index >= 15 is 0 Å². The number of anilines is 2. The SMILES string of the molecule is CC(C)C(NC=O)C(=O)N1CCC[C@H]1C(N)=O.COC(C)(C)C.COc1ccc2c(=O)cc(-c3csc(NC(C)C)n3)[nH]c2c1.O=C1CCCC/C=C\[C@@H]2C[C@@H]2C(=O)NS(=O)(=O)c2ccccc2N1. The number of aromatic amines is 1. The minimum atomic E-state index is -4.02. The lowest BCUT2D eigenvalue weighted by molar-refractivity contribution is -0.140.